The fourth-order valence-corrected chi connectivity index (χ4v) is 3.76. The van der Waals surface area contributed by atoms with Crippen LogP contribution in [-0.2, 0) is 14.2 Å². The summed E-state index contributed by atoms with van der Waals surface area (Å²) in [5, 5.41) is 11.1. The molecule has 0 saturated carbocycles. The van der Waals surface area contributed by atoms with Crippen LogP contribution in [0.25, 0.3) is 0 Å². The van der Waals surface area contributed by atoms with Crippen molar-refractivity contribution >= 4 is 17.1 Å². The van der Waals surface area contributed by atoms with Crippen molar-refractivity contribution in [2.75, 3.05) is 89.8 Å². The number of nitro benzene ring substituents is 1. The summed E-state index contributed by atoms with van der Waals surface area (Å²) >= 11 is 0. The van der Waals surface area contributed by atoms with E-state index in [1.807, 2.05) is 24.3 Å². The smallest absolute Gasteiger partial charge is 0.273 e. The van der Waals surface area contributed by atoms with Gasteiger partial charge in [0.15, 0.2) is 0 Å². The van der Waals surface area contributed by atoms with Gasteiger partial charge in [0.1, 0.15) is 11.5 Å². The molecule has 10 heteroatoms. The van der Waals surface area contributed by atoms with Gasteiger partial charge in [-0.2, -0.15) is 0 Å². The number of rotatable bonds is 5. The molecule has 1 aliphatic heterocycles. The lowest BCUT2D eigenvalue weighted by Gasteiger charge is -2.27. The SMILES string of the molecule is COc1ccccc1N1CCOCCOCCN(c2ccc([N+](=O)[O-])cc2OC)CCOCC1. The summed E-state index contributed by atoms with van der Waals surface area (Å²) in [6.07, 6.45) is 0. The van der Waals surface area contributed by atoms with Crippen molar-refractivity contribution in [3.8, 4) is 11.5 Å². The molecule has 1 saturated heterocycles. The maximum absolute atomic E-state index is 11.1. The van der Waals surface area contributed by atoms with E-state index in [4.69, 9.17) is 23.7 Å². The summed E-state index contributed by atoms with van der Waals surface area (Å²) in [4.78, 5) is 15.0. The number of nitro groups is 1. The minimum absolute atomic E-state index is 0.0139. The quantitative estimate of drug-likeness (QED) is 0.478. The van der Waals surface area contributed by atoms with E-state index in [0.717, 1.165) is 17.1 Å². The zero-order valence-electron chi connectivity index (χ0n) is 19.8. The lowest BCUT2D eigenvalue weighted by Crippen LogP contribution is -2.33. The molecular formula is C24H33N3O7. The third-order valence-corrected chi connectivity index (χ3v) is 5.53. The Hall–Kier alpha value is -3.08. The zero-order valence-corrected chi connectivity index (χ0v) is 19.8. The first-order valence-electron chi connectivity index (χ1n) is 11.3. The molecule has 1 fully saturated rings. The van der Waals surface area contributed by atoms with Gasteiger partial charge in [0.25, 0.3) is 5.69 Å². The van der Waals surface area contributed by atoms with Gasteiger partial charge < -0.3 is 33.5 Å². The lowest BCUT2D eigenvalue weighted by atomic mass is 10.2. The van der Waals surface area contributed by atoms with Crippen LogP contribution in [0.2, 0.25) is 0 Å². The average molecular weight is 476 g/mol. The topological polar surface area (TPSA) is 95.8 Å². The van der Waals surface area contributed by atoms with Crippen molar-refractivity contribution in [1.29, 1.82) is 0 Å². The van der Waals surface area contributed by atoms with Crippen molar-refractivity contribution in [1.82, 2.24) is 0 Å². The standard InChI is InChI=1S/C24H33N3O7/c1-30-23-6-4-3-5-21(23)25-9-13-32-14-10-26(12-16-34-18-17-33-15-11-25)22-8-7-20(27(28)29)19-24(22)31-2/h3-8,19H,9-18H2,1-2H3. The summed E-state index contributed by atoms with van der Waals surface area (Å²) in [5.74, 6) is 1.25. The molecule has 0 atom stereocenters. The highest BCUT2D eigenvalue weighted by molar-refractivity contribution is 5.62. The van der Waals surface area contributed by atoms with Gasteiger partial charge >= 0.3 is 0 Å². The van der Waals surface area contributed by atoms with Crippen molar-refractivity contribution in [2.45, 2.75) is 0 Å². The number of ether oxygens (including phenoxy) is 5. The highest BCUT2D eigenvalue weighted by Gasteiger charge is 2.17. The van der Waals surface area contributed by atoms with E-state index in [9.17, 15) is 10.1 Å². The summed E-state index contributed by atoms with van der Waals surface area (Å²) < 4.78 is 28.5. The van der Waals surface area contributed by atoms with E-state index in [-0.39, 0.29) is 5.69 Å². The first kappa shape index (κ1) is 25.5. The molecule has 186 valence electrons. The van der Waals surface area contributed by atoms with Crippen LogP contribution in [0.15, 0.2) is 42.5 Å². The van der Waals surface area contributed by atoms with Gasteiger partial charge in [-0.1, -0.05) is 12.1 Å². The Morgan fingerprint density at radius 2 is 1.24 bits per heavy atom. The first-order chi connectivity index (χ1) is 16.6. The van der Waals surface area contributed by atoms with Crippen molar-refractivity contribution < 1.29 is 28.6 Å². The third-order valence-electron chi connectivity index (χ3n) is 5.53. The second-order valence-corrected chi connectivity index (χ2v) is 7.60. The van der Waals surface area contributed by atoms with Crippen LogP contribution in [0, 0.1) is 10.1 Å². The summed E-state index contributed by atoms with van der Waals surface area (Å²) in [5.41, 5.74) is 1.74. The largest absolute Gasteiger partial charge is 0.495 e. The Morgan fingerprint density at radius 1 is 0.735 bits per heavy atom. The molecule has 10 nitrogen and oxygen atoms in total. The van der Waals surface area contributed by atoms with Crippen LogP contribution >= 0.6 is 0 Å². The molecule has 0 spiro atoms. The molecule has 3 rings (SSSR count). The van der Waals surface area contributed by atoms with Gasteiger partial charge in [-0.25, -0.2) is 0 Å². The molecule has 1 heterocycles. The van der Waals surface area contributed by atoms with E-state index < -0.39 is 4.92 Å². The third kappa shape index (κ3) is 7.21. The Balaban J connectivity index is 1.69. The van der Waals surface area contributed by atoms with Gasteiger partial charge in [-0.3, -0.25) is 10.1 Å². The second kappa shape index (κ2) is 13.6. The predicted molar refractivity (Wildman–Crippen MR) is 130 cm³/mol. The molecule has 0 N–H and O–H groups in total. The number of hydrogen-bond acceptors (Lipinski definition) is 9. The highest BCUT2D eigenvalue weighted by Crippen LogP contribution is 2.32. The van der Waals surface area contributed by atoms with Crippen LogP contribution in [-0.4, -0.2) is 85.0 Å². The van der Waals surface area contributed by atoms with E-state index in [2.05, 4.69) is 9.80 Å². The summed E-state index contributed by atoms with van der Waals surface area (Å²) in [7, 11) is 3.17. The number of anilines is 2. The highest BCUT2D eigenvalue weighted by atomic mass is 16.6. The monoisotopic (exact) mass is 475 g/mol. The number of hydrogen-bond donors (Lipinski definition) is 0. The molecule has 0 aromatic heterocycles. The molecule has 34 heavy (non-hydrogen) atoms. The normalized spacial score (nSPS) is 16.9. The molecule has 0 amide bonds. The fourth-order valence-electron chi connectivity index (χ4n) is 3.76. The number of nitrogens with zero attached hydrogens (tertiary/aromatic N) is 3. The van der Waals surface area contributed by atoms with Crippen LogP contribution in [0.5, 0.6) is 11.5 Å². The van der Waals surface area contributed by atoms with Crippen LogP contribution < -0.4 is 19.3 Å². The van der Waals surface area contributed by atoms with E-state index >= 15 is 0 Å². The van der Waals surface area contributed by atoms with Crippen molar-refractivity contribution in [3.05, 3.63) is 52.6 Å². The minimum Gasteiger partial charge on any atom is -0.495 e. The van der Waals surface area contributed by atoms with Gasteiger partial charge in [0.2, 0.25) is 0 Å². The molecule has 0 aliphatic carbocycles. The number of benzene rings is 2. The zero-order chi connectivity index (χ0) is 24.2. The van der Waals surface area contributed by atoms with Crippen molar-refractivity contribution in [2.24, 2.45) is 0 Å². The number of non-ortho nitro benzene ring substituents is 1. The van der Waals surface area contributed by atoms with Crippen LogP contribution in [0.1, 0.15) is 0 Å². The van der Waals surface area contributed by atoms with Crippen LogP contribution in [0.4, 0.5) is 17.1 Å². The first-order valence-corrected chi connectivity index (χ1v) is 11.3. The molecule has 1 aliphatic rings. The van der Waals surface area contributed by atoms with Gasteiger partial charge in [0, 0.05) is 32.2 Å². The fraction of sp³-hybridized carbons (Fsp3) is 0.500. The molecular weight excluding hydrogens is 442 g/mol. The number of para-hydroxylation sites is 2. The molecule has 0 radical (unpaired) electrons. The predicted octanol–water partition coefficient (Wildman–Crippen LogP) is 2.99. The lowest BCUT2D eigenvalue weighted by molar-refractivity contribution is -0.384. The summed E-state index contributed by atoms with van der Waals surface area (Å²) in [6.45, 7) is 5.60. The van der Waals surface area contributed by atoms with E-state index in [1.165, 1.54) is 19.2 Å². The molecule has 0 unspecified atom stereocenters. The molecule has 2 aromatic carbocycles. The number of methoxy groups -OCH3 is 2. The maximum Gasteiger partial charge on any atom is 0.273 e. The average Bonchev–Trinajstić information content (AvgIpc) is 2.87. The van der Waals surface area contributed by atoms with Gasteiger partial charge in [-0.15, -0.1) is 0 Å². The Kier molecular flexibility index (Phi) is 10.2. The Bertz CT molecular complexity index is 912. The Labute approximate surface area is 200 Å². The van der Waals surface area contributed by atoms with E-state index in [1.54, 1.807) is 13.2 Å². The van der Waals surface area contributed by atoms with Gasteiger partial charge in [0.05, 0.1) is 76.2 Å². The minimum atomic E-state index is -0.433. The summed E-state index contributed by atoms with van der Waals surface area (Å²) in [6, 6.07) is 12.5. The van der Waals surface area contributed by atoms with Gasteiger partial charge in [-0.05, 0) is 18.2 Å². The molecule has 2 aromatic rings. The van der Waals surface area contributed by atoms with Crippen molar-refractivity contribution in [3.63, 3.8) is 0 Å². The second-order valence-electron chi connectivity index (χ2n) is 7.60. The molecule has 0 bridgehead atoms. The Morgan fingerprint density at radius 3 is 1.76 bits per heavy atom. The maximum atomic E-state index is 11.1. The van der Waals surface area contributed by atoms with E-state index in [0.29, 0.717) is 71.6 Å². The van der Waals surface area contributed by atoms with Crippen LogP contribution in [0.3, 0.4) is 0 Å².